The predicted molar refractivity (Wildman–Crippen MR) is 108 cm³/mol. The number of nitrogens with one attached hydrogen (secondary N) is 2. The van der Waals surface area contributed by atoms with Crippen LogP contribution in [0.4, 0.5) is 5.69 Å². The highest BCUT2D eigenvalue weighted by atomic mass is 32.2. The molecule has 0 radical (unpaired) electrons. The number of fused-ring (bicyclic) bond motifs is 1. The van der Waals surface area contributed by atoms with Gasteiger partial charge in [0.15, 0.2) is 0 Å². The number of aromatic amines is 1. The van der Waals surface area contributed by atoms with Gasteiger partial charge in [0.25, 0.3) is 0 Å². The second kappa shape index (κ2) is 8.57. The van der Waals surface area contributed by atoms with Gasteiger partial charge in [-0.15, -0.1) is 11.8 Å². The maximum atomic E-state index is 12.6. The number of nitrogens with zero attached hydrogens (tertiary/aromatic N) is 1. The van der Waals surface area contributed by atoms with E-state index in [-0.39, 0.29) is 13.0 Å². The molecule has 9 heteroatoms. The van der Waals surface area contributed by atoms with E-state index in [0.717, 1.165) is 9.46 Å². The fourth-order valence-electron chi connectivity index (χ4n) is 2.67. The van der Waals surface area contributed by atoms with Gasteiger partial charge in [-0.2, -0.15) is 0 Å². The smallest absolute Gasteiger partial charge is 0.317 e. The number of thioether (sulfide) groups is 1. The Morgan fingerprint density at radius 2 is 1.79 bits per heavy atom. The summed E-state index contributed by atoms with van der Waals surface area (Å²) in [5, 5.41) is 2.76. The summed E-state index contributed by atoms with van der Waals surface area (Å²) in [6, 6.07) is 13.9. The molecule has 0 bridgehead atoms. The first kappa shape index (κ1) is 19.4. The molecular weight excluding hydrogens is 380 g/mol. The van der Waals surface area contributed by atoms with Crippen LogP contribution in [0, 0.1) is 0 Å². The van der Waals surface area contributed by atoms with Gasteiger partial charge in [-0.25, -0.2) is 0 Å². The highest BCUT2D eigenvalue weighted by Gasteiger charge is 2.13. The van der Waals surface area contributed by atoms with E-state index in [2.05, 4.69) is 10.3 Å². The summed E-state index contributed by atoms with van der Waals surface area (Å²) in [7, 11) is 0. The summed E-state index contributed by atoms with van der Waals surface area (Å²) in [4.78, 5) is 50.8. The van der Waals surface area contributed by atoms with Gasteiger partial charge in [0.2, 0.25) is 11.8 Å². The van der Waals surface area contributed by atoms with E-state index in [0.29, 0.717) is 22.5 Å². The van der Waals surface area contributed by atoms with Crippen molar-refractivity contribution in [3.05, 3.63) is 69.2 Å². The van der Waals surface area contributed by atoms with Crippen LogP contribution in [0.1, 0.15) is 6.42 Å². The zero-order chi connectivity index (χ0) is 20.1. The number of hydrogen-bond acceptors (Lipinski definition) is 5. The van der Waals surface area contributed by atoms with Crippen LogP contribution in [-0.2, 0) is 16.1 Å². The first-order chi connectivity index (χ1) is 13.5. The molecule has 1 heterocycles. The molecule has 0 saturated carbocycles. The molecule has 3 aromatic rings. The Bertz CT molecular complexity index is 1150. The molecule has 0 aliphatic heterocycles. The number of aromatic nitrogens is 2. The number of hydrogen-bond donors (Lipinski definition) is 3. The molecule has 1 aromatic heterocycles. The monoisotopic (exact) mass is 398 g/mol. The lowest BCUT2D eigenvalue weighted by Gasteiger charge is -2.12. The van der Waals surface area contributed by atoms with Crippen LogP contribution in [0.2, 0.25) is 0 Å². The van der Waals surface area contributed by atoms with Gasteiger partial charge in [-0.05, 0) is 24.3 Å². The molecule has 0 aliphatic carbocycles. The van der Waals surface area contributed by atoms with E-state index in [1.807, 2.05) is 12.1 Å². The molecule has 0 fully saturated rings. The number of benzene rings is 2. The number of carbonyl (C=O) groups excluding carboxylic acids is 2. The van der Waals surface area contributed by atoms with E-state index >= 15 is 0 Å². The van der Waals surface area contributed by atoms with Crippen molar-refractivity contribution in [3.63, 3.8) is 0 Å². The van der Waals surface area contributed by atoms with Crippen LogP contribution in [0.3, 0.4) is 0 Å². The third-order valence-corrected chi connectivity index (χ3v) is 5.03. The third kappa shape index (κ3) is 4.49. The number of para-hydroxylation sites is 3. The summed E-state index contributed by atoms with van der Waals surface area (Å²) in [5.74, 6) is -0.351. The van der Waals surface area contributed by atoms with Crippen LogP contribution in [0.5, 0.6) is 0 Å². The number of primary amides is 1. The Kier molecular flexibility index (Phi) is 5.95. The Morgan fingerprint density at radius 1 is 1.07 bits per heavy atom. The third-order valence-electron chi connectivity index (χ3n) is 3.95. The van der Waals surface area contributed by atoms with Crippen LogP contribution < -0.4 is 22.2 Å². The van der Waals surface area contributed by atoms with Gasteiger partial charge in [-0.3, -0.25) is 23.7 Å². The largest absolute Gasteiger partial charge is 0.370 e. The quantitative estimate of drug-likeness (QED) is 0.408. The second-order valence-corrected chi connectivity index (χ2v) is 7.11. The van der Waals surface area contributed by atoms with Crippen molar-refractivity contribution in [2.45, 2.75) is 17.9 Å². The van der Waals surface area contributed by atoms with E-state index in [1.54, 1.807) is 36.4 Å². The minimum absolute atomic E-state index is 0.223. The lowest BCUT2D eigenvalue weighted by molar-refractivity contribution is -0.118. The van der Waals surface area contributed by atoms with Crippen LogP contribution in [-0.4, -0.2) is 27.1 Å². The minimum Gasteiger partial charge on any atom is -0.370 e. The molecule has 2 amide bonds. The predicted octanol–water partition coefficient (Wildman–Crippen LogP) is 1.30. The number of carbonyl (C=O) groups is 2. The summed E-state index contributed by atoms with van der Waals surface area (Å²) in [6.45, 7) is -0.302. The van der Waals surface area contributed by atoms with Gasteiger partial charge >= 0.3 is 11.1 Å². The SMILES string of the molecule is NC(=O)CCSc1ccccc1NC(=O)Cn1c(=O)c(=O)[nH]c2ccccc21. The van der Waals surface area contributed by atoms with Crippen molar-refractivity contribution in [1.82, 2.24) is 9.55 Å². The number of H-pyrrole nitrogens is 1. The molecule has 28 heavy (non-hydrogen) atoms. The molecule has 4 N–H and O–H groups in total. The highest BCUT2D eigenvalue weighted by molar-refractivity contribution is 7.99. The van der Waals surface area contributed by atoms with Gasteiger partial charge in [0.05, 0.1) is 16.7 Å². The first-order valence-corrected chi connectivity index (χ1v) is 9.46. The number of amides is 2. The molecule has 0 unspecified atom stereocenters. The Labute approximate surface area is 163 Å². The van der Waals surface area contributed by atoms with Crippen LogP contribution >= 0.6 is 11.8 Å². The highest BCUT2D eigenvalue weighted by Crippen LogP contribution is 2.27. The Balaban J connectivity index is 1.82. The fraction of sp³-hybridized carbons (Fsp3) is 0.158. The summed E-state index contributed by atoms with van der Waals surface area (Å²) in [6.07, 6.45) is 0.223. The maximum Gasteiger partial charge on any atom is 0.317 e. The molecule has 0 spiro atoms. The van der Waals surface area contributed by atoms with Crippen molar-refractivity contribution in [3.8, 4) is 0 Å². The van der Waals surface area contributed by atoms with E-state index in [4.69, 9.17) is 5.73 Å². The van der Waals surface area contributed by atoms with E-state index in [1.165, 1.54) is 11.8 Å². The van der Waals surface area contributed by atoms with Crippen molar-refractivity contribution in [2.75, 3.05) is 11.1 Å². The minimum atomic E-state index is -0.794. The standard InChI is InChI=1S/C19H18N4O4S/c20-16(24)9-10-28-15-8-4-2-6-13(15)21-17(25)11-23-14-7-3-1-5-12(14)22-18(26)19(23)27/h1-8H,9-11H2,(H2,20,24)(H,21,25)(H,22,26). The molecule has 8 nitrogen and oxygen atoms in total. The summed E-state index contributed by atoms with van der Waals surface area (Å²) >= 11 is 1.39. The van der Waals surface area contributed by atoms with E-state index < -0.39 is 22.9 Å². The average Bonchev–Trinajstić information content (AvgIpc) is 2.66. The van der Waals surface area contributed by atoms with E-state index in [9.17, 15) is 19.2 Å². The summed E-state index contributed by atoms with van der Waals surface area (Å²) in [5.41, 5.74) is 5.07. The molecule has 3 rings (SSSR count). The molecule has 0 saturated heterocycles. The Morgan fingerprint density at radius 3 is 2.57 bits per heavy atom. The Hall–Kier alpha value is -3.33. The number of nitrogens with two attached hydrogens (primary N) is 1. The molecule has 0 atom stereocenters. The molecular formula is C19H18N4O4S. The van der Waals surface area contributed by atoms with Gasteiger partial charge in [0.1, 0.15) is 6.54 Å². The fourth-order valence-corrected chi connectivity index (χ4v) is 3.64. The zero-order valence-corrected chi connectivity index (χ0v) is 15.6. The second-order valence-electron chi connectivity index (χ2n) is 5.97. The first-order valence-electron chi connectivity index (χ1n) is 8.47. The molecule has 144 valence electrons. The van der Waals surface area contributed by atoms with Crippen molar-refractivity contribution < 1.29 is 9.59 Å². The topological polar surface area (TPSA) is 127 Å². The van der Waals surface area contributed by atoms with Crippen molar-refractivity contribution in [2.24, 2.45) is 5.73 Å². The number of anilines is 1. The lowest BCUT2D eigenvalue weighted by atomic mass is 10.3. The van der Waals surface area contributed by atoms with Crippen LogP contribution in [0.25, 0.3) is 11.0 Å². The maximum absolute atomic E-state index is 12.6. The van der Waals surface area contributed by atoms with Crippen molar-refractivity contribution in [1.29, 1.82) is 0 Å². The van der Waals surface area contributed by atoms with Crippen LogP contribution in [0.15, 0.2) is 63.0 Å². The molecule has 0 aliphatic rings. The van der Waals surface area contributed by atoms with Gasteiger partial charge in [-0.1, -0.05) is 24.3 Å². The average molecular weight is 398 g/mol. The summed E-state index contributed by atoms with van der Waals surface area (Å²) < 4.78 is 1.15. The lowest BCUT2D eigenvalue weighted by Crippen LogP contribution is -2.38. The number of rotatable bonds is 7. The normalized spacial score (nSPS) is 10.7. The van der Waals surface area contributed by atoms with Crippen molar-refractivity contribution >= 4 is 40.3 Å². The van der Waals surface area contributed by atoms with Gasteiger partial charge < -0.3 is 16.0 Å². The zero-order valence-electron chi connectivity index (χ0n) is 14.8. The van der Waals surface area contributed by atoms with Gasteiger partial charge in [0, 0.05) is 17.1 Å². The molecule has 2 aromatic carbocycles.